The van der Waals surface area contributed by atoms with Crippen molar-refractivity contribution in [3.63, 3.8) is 0 Å². The Morgan fingerprint density at radius 2 is 0.862 bits per heavy atom. The lowest BCUT2D eigenvalue weighted by atomic mass is 9.70. The monoisotopic (exact) mass is 396 g/mol. The average molecular weight is 397 g/mol. The highest BCUT2D eigenvalue weighted by atomic mass is 16.3. The van der Waals surface area contributed by atoms with Crippen molar-refractivity contribution in [1.29, 1.82) is 0 Å². The van der Waals surface area contributed by atoms with Gasteiger partial charge in [-0.3, -0.25) is 0 Å². The van der Waals surface area contributed by atoms with Gasteiger partial charge in [0.2, 0.25) is 0 Å². The second-order valence-corrected chi connectivity index (χ2v) is 10.5. The third-order valence-electron chi connectivity index (χ3n) is 7.08. The first-order valence-corrected chi connectivity index (χ1v) is 10.9. The van der Waals surface area contributed by atoms with E-state index in [0.29, 0.717) is 11.5 Å². The topological polar surface area (TPSA) is 40.5 Å². The number of phenols is 2. The van der Waals surface area contributed by atoms with Crippen molar-refractivity contribution in [2.24, 2.45) is 0 Å². The van der Waals surface area contributed by atoms with E-state index in [1.165, 1.54) is 0 Å². The third-order valence-corrected chi connectivity index (χ3v) is 7.08. The van der Waals surface area contributed by atoms with Gasteiger partial charge in [-0.1, -0.05) is 90.8 Å². The summed E-state index contributed by atoms with van der Waals surface area (Å²) >= 11 is 0. The molecule has 2 rings (SSSR count). The summed E-state index contributed by atoms with van der Waals surface area (Å²) in [6, 6.07) is 8.33. The van der Waals surface area contributed by atoms with E-state index in [-0.39, 0.29) is 10.8 Å². The zero-order valence-electron chi connectivity index (χ0n) is 20.1. The van der Waals surface area contributed by atoms with E-state index in [4.69, 9.17) is 0 Å². The van der Waals surface area contributed by atoms with Crippen LogP contribution in [-0.2, 0) is 16.2 Å². The van der Waals surface area contributed by atoms with Gasteiger partial charge in [-0.2, -0.15) is 0 Å². The predicted molar refractivity (Wildman–Crippen MR) is 124 cm³/mol. The molecule has 160 valence electrons. The summed E-state index contributed by atoms with van der Waals surface area (Å²) in [4.78, 5) is 0. The molecule has 0 unspecified atom stereocenters. The zero-order chi connectivity index (χ0) is 22.4. The molecule has 2 aromatic rings. The molecule has 0 fully saturated rings. The maximum absolute atomic E-state index is 11.3. The molecule has 0 bridgehead atoms. The van der Waals surface area contributed by atoms with Crippen LogP contribution in [0.2, 0.25) is 0 Å². The van der Waals surface area contributed by atoms with E-state index in [9.17, 15) is 10.2 Å². The SMILES string of the molecule is CCC(C)(C)c1cc(C)cc(C(C)(C)c2cc(C)cc(C(C)(C)CC)c2O)c1O. The average Bonchev–Trinajstić information content (AvgIpc) is 2.64. The minimum absolute atomic E-state index is 0.120. The smallest absolute Gasteiger partial charge is 0.123 e. The first-order chi connectivity index (χ1) is 13.2. The maximum atomic E-state index is 11.3. The highest BCUT2D eigenvalue weighted by Crippen LogP contribution is 2.48. The molecule has 0 aliphatic rings. The van der Waals surface area contributed by atoms with E-state index in [1.54, 1.807) is 0 Å². The molecule has 2 heteroatoms. The summed E-state index contributed by atoms with van der Waals surface area (Å²) in [5, 5.41) is 22.7. The lowest BCUT2D eigenvalue weighted by Gasteiger charge is -2.34. The number of aryl methyl sites for hydroxylation is 2. The Balaban J connectivity index is 2.81. The lowest BCUT2D eigenvalue weighted by Crippen LogP contribution is -2.24. The quantitative estimate of drug-likeness (QED) is 0.533. The van der Waals surface area contributed by atoms with Crippen molar-refractivity contribution in [1.82, 2.24) is 0 Å². The fraction of sp³-hybridized carbons (Fsp3) is 0.556. The van der Waals surface area contributed by atoms with Crippen LogP contribution >= 0.6 is 0 Å². The predicted octanol–water partition coefficient (Wildman–Crippen LogP) is 7.42. The van der Waals surface area contributed by atoms with Crippen LogP contribution in [0, 0.1) is 13.8 Å². The maximum Gasteiger partial charge on any atom is 0.123 e. The van der Waals surface area contributed by atoms with E-state index in [0.717, 1.165) is 46.2 Å². The van der Waals surface area contributed by atoms with E-state index in [2.05, 4.69) is 93.5 Å². The summed E-state index contributed by atoms with van der Waals surface area (Å²) in [5.41, 5.74) is 5.17. The second-order valence-electron chi connectivity index (χ2n) is 10.5. The largest absolute Gasteiger partial charge is 0.507 e. The molecular weight excluding hydrogens is 356 g/mol. The molecule has 29 heavy (non-hydrogen) atoms. The molecule has 0 aromatic heterocycles. The van der Waals surface area contributed by atoms with Gasteiger partial charge in [0.25, 0.3) is 0 Å². The van der Waals surface area contributed by atoms with Gasteiger partial charge in [0.15, 0.2) is 0 Å². The molecule has 0 saturated carbocycles. The van der Waals surface area contributed by atoms with Gasteiger partial charge in [0, 0.05) is 27.7 Å². The molecule has 0 aliphatic heterocycles. The molecule has 0 spiro atoms. The van der Waals surface area contributed by atoms with Gasteiger partial charge in [-0.05, 0) is 37.5 Å². The summed E-state index contributed by atoms with van der Waals surface area (Å²) in [7, 11) is 0. The van der Waals surface area contributed by atoms with E-state index < -0.39 is 5.41 Å². The number of benzene rings is 2. The van der Waals surface area contributed by atoms with Crippen LogP contribution in [0.25, 0.3) is 0 Å². The fourth-order valence-corrected chi connectivity index (χ4v) is 4.07. The van der Waals surface area contributed by atoms with Crippen LogP contribution in [0.4, 0.5) is 0 Å². The zero-order valence-corrected chi connectivity index (χ0v) is 20.1. The van der Waals surface area contributed by atoms with Crippen LogP contribution in [0.3, 0.4) is 0 Å². The van der Waals surface area contributed by atoms with Gasteiger partial charge in [0.05, 0.1) is 0 Å². The van der Waals surface area contributed by atoms with E-state index >= 15 is 0 Å². The van der Waals surface area contributed by atoms with Crippen LogP contribution in [0.1, 0.15) is 102 Å². The lowest BCUT2D eigenvalue weighted by molar-refractivity contribution is 0.400. The molecule has 2 aromatic carbocycles. The number of phenolic OH excluding ortho intramolecular Hbond substituents is 2. The van der Waals surface area contributed by atoms with Gasteiger partial charge < -0.3 is 10.2 Å². The first kappa shape index (κ1) is 23.3. The Morgan fingerprint density at radius 3 is 1.14 bits per heavy atom. The number of hydrogen-bond acceptors (Lipinski definition) is 2. The number of hydrogen-bond donors (Lipinski definition) is 2. The molecule has 0 atom stereocenters. The molecular formula is C27H40O2. The third kappa shape index (κ3) is 4.17. The molecule has 0 aliphatic carbocycles. The molecule has 0 saturated heterocycles. The van der Waals surface area contributed by atoms with Gasteiger partial charge in [-0.25, -0.2) is 0 Å². The van der Waals surface area contributed by atoms with Crippen molar-refractivity contribution < 1.29 is 10.2 Å². The highest BCUT2D eigenvalue weighted by Gasteiger charge is 2.35. The van der Waals surface area contributed by atoms with Crippen molar-refractivity contribution in [2.75, 3.05) is 0 Å². The molecule has 0 radical (unpaired) electrons. The van der Waals surface area contributed by atoms with Crippen molar-refractivity contribution in [2.45, 2.75) is 98.3 Å². The minimum Gasteiger partial charge on any atom is -0.507 e. The van der Waals surface area contributed by atoms with Crippen LogP contribution in [-0.4, -0.2) is 10.2 Å². The van der Waals surface area contributed by atoms with Crippen molar-refractivity contribution in [3.8, 4) is 11.5 Å². The standard InChI is InChI=1S/C27H40O2/c1-11-25(5,6)19-13-17(3)15-21(23(19)28)27(9,10)22-16-18(4)14-20(24(22)29)26(7,8)12-2/h13-16,28-29H,11-12H2,1-10H3. The number of rotatable bonds is 6. The summed E-state index contributed by atoms with van der Waals surface area (Å²) in [6.07, 6.45) is 1.88. The summed E-state index contributed by atoms with van der Waals surface area (Å²) < 4.78 is 0. The number of aromatic hydroxyl groups is 2. The van der Waals surface area contributed by atoms with E-state index in [1.807, 2.05) is 0 Å². The van der Waals surface area contributed by atoms with Crippen LogP contribution in [0.15, 0.2) is 24.3 Å². The second kappa shape index (κ2) is 7.70. The molecule has 0 amide bonds. The minimum atomic E-state index is -0.538. The first-order valence-electron chi connectivity index (χ1n) is 10.9. The Hall–Kier alpha value is -1.96. The highest BCUT2D eigenvalue weighted by molar-refractivity contribution is 5.58. The summed E-state index contributed by atoms with van der Waals surface area (Å²) in [5.74, 6) is 0.703. The normalized spacial score (nSPS) is 13.0. The van der Waals surface area contributed by atoms with Crippen LogP contribution < -0.4 is 0 Å². The molecule has 2 nitrogen and oxygen atoms in total. The van der Waals surface area contributed by atoms with Crippen molar-refractivity contribution in [3.05, 3.63) is 57.6 Å². The van der Waals surface area contributed by atoms with Crippen molar-refractivity contribution >= 4 is 0 Å². The molecule has 2 N–H and O–H groups in total. The summed E-state index contributed by atoms with van der Waals surface area (Å²) in [6.45, 7) is 21.3. The Morgan fingerprint density at radius 1 is 0.586 bits per heavy atom. The fourth-order valence-electron chi connectivity index (χ4n) is 4.07. The van der Waals surface area contributed by atoms with Gasteiger partial charge >= 0.3 is 0 Å². The van der Waals surface area contributed by atoms with Gasteiger partial charge in [0.1, 0.15) is 11.5 Å². The Kier molecular flexibility index (Phi) is 6.19. The Bertz CT molecular complexity index is 828. The molecule has 0 heterocycles. The van der Waals surface area contributed by atoms with Gasteiger partial charge in [-0.15, -0.1) is 0 Å². The Labute approximate surface area is 178 Å². The van der Waals surface area contributed by atoms with Crippen LogP contribution in [0.5, 0.6) is 11.5 Å².